The van der Waals surface area contributed by atoms with Crippen molar-refractivity contribution in [2.45, 2.75) is 26.3 Å². The van der Waals surface area contributed by atoms with E-state index in [0.29, 0.717) is 11.4 Å². The first-order chi connectivity index (χ1) is 10.2. The van der Waals surface area contributed by atoms with Crippen LogP contribution in [0.2, 0.25) is 0 Å². The van der Waals surface area contributed by atoms with Crippen molar-refractivity contribution in [2.75, 3.05) is 13.7 Å². The zero-order chi connectivity index (χ0) is 15.2. The highest BCUT2D eigenvalue weighted by atomic mass is 19.1. The van der Waals surface area contributed by atoms with Crippen LogP contribution in [0.4, 0.5) is 4.39 Å². The zero-order valence-corrected chi connectivity index (χ0v) is 12.6. The van der Waals surface area contributed by atoms with Crippen LogP contribution >= 0.6 is 0 Å². The van der Waals surface area contributed by atoms with Gasteiger partial charge in [-0.25, -0.2) is 14.4 Å². The third-order valence-electron chi connectivity index (χ3n) is 3.18. The van der Waals surface area contributed by atoms with E-state index in [1.807, 2.05) is 6.92 Å². The van der Waals surface area contributed by atoms with Crippen LogP contribution < -0.4 is 10.1 Å². The van der Waals surface area contributed by atoms with E-state index >= 15 is 0 Å². The fraction of sp³-hybridized carbons (Fsp3) is 0.375. The number of benzene rings is 1. The van der Waals surface area contributed by atoms with Gasteiger partial charge in [0.25, 0.3) is 0 Å². The van der Waals surface area contributed by atoms with Crippen molar-refractivity contribution >= 4 is 0 Å². The molecule has 0 aliphatic rings. The largest absolute Gasteiger partial charge is 0.494 e. The summed E-state index contributed by atoms with van der Waals surface area (Å²) in [5.41, 5.74) is 1.46. The summed E-state index contributed by atoms with van der Waals surface area (Å²) >= 11 is 0. The zero-order valence-electron chi connectivity index (χ0n) is 12.6. The second-order valence-electron chi connectivity index (χ2n) is 4.87. The molecule has 5 heteroatoms. The summed E-state index contributed by atoms with van der Waals surface area (Å²) in [5, 5.41) is 3.29. The molecule has 21 heavy (non-hydrogen) atoms. The minimum Gasteiger partial charge on any atom is -0.494 e. The highest BCUT2D eigenvalue weighted by Gasteiger charge is 2.21. The van der Waals surface area contributed by atoms with Crippen LogP contribution in [-0.4, -0.2) is 23.6 Å². The summed E-state index contributed by atoms with van der Waals surface area (Å²) in [6, 6.07) is 4.72. The number of methoxy groups -OCH3 is 1. The number of hydrogen-bond acceptors (Lipinski definition) is 4. The van der Waals surface area contributed by atoms with E-state index in [9.17, 15) is 4.39 Å². The van der Waals surface area contributed by atoms with Crippen molar-refractivity contribution in [2.24, 2.45) is 0 Å². The van der Waals surface area contributed by atoms with Gasteiger partial charge in [0.05, 0.1) is 13.2 Å². The molecule has 0 aliphatic carbocycles. The molecule has 4 nitrogen and oxygen atoms in total. The molecule has 0 fully saturated rings. The standard InChI is InChI=1S/C16H20FN3O/c1-4-8-18-15(16-19-9-11(2)10-20-16)12-6-5-7-13(21-3)14(12)17/h5-7,9-10,15,18H,4,8H2,1-3H3. The van der Waals surface area contributed by atoms with Crippen LogP contribution in [0.25, 0.3) is 0 Å². The molecule has 1 N–H and O–H groups in total. The third kappa shape index (κ3) is 3.55. The van der Waals surface area contributed by atoms with E-state index < -0.39 is 0 Å². The first-order valence-corrected chi connectivity index (χ1v) is 7.01. The maximum atomic E-state index is 14.5. The van der Waals surface area contributed by atoms with Crippen LogP contribution in [-0.2, 0) is 0 Å². The Balaban J connectivity index is 2.42. The average molecular weight is 289 g/mol. The van der Waals surface area contributed by atoms with E-state index in [1.165, 1.54) is 7.11 Å². The molecule has 1 heterocycles. The van der Waals surface area contributed by atoms with E-state index in [2.05, 4.69) is 22.2 Å². The summed E-state index contributed by atoms with van der Waals surface area (Å²) in [4.78, 5) is 8.65. The van der Waals surface area contributed by atoms with Gasteiger partial charge < -0.3 is 10.1 Å². The number of aromatic nitrogens is 2. The summed E-state index contributed by atoms with van der Waals surface area (Å²) in [5.74, 6) is 0.405. The van der Waals surface area contributed by atoms with E-state index in [1.54, 1.807) is 30.6 Å². The van der Waals surface area contributed by atoms with Crippen molar-refractivity contribution in [1.82, 2.24) is 15.3 Å². The summed E-state index contributed by atoms with van der Waals surface area (Å²) in [6.07, 6.45) is 4.41. The van der Waals surface area contributed by atoms with Crippen molar-refractivity contribution in [3.8, 4) is 5.75 Å². The molecule has 2 aromatic rings. The lowest BCUT2D eigenvalue weighted by molar-refractivity contribution is 0.381. The maximum Gasteiger partial charge on any atom is 0.170 e. The van der Waals surface area contributed by atoms with Gasteiger partial charge in [-0.05, 0) is 31.5 Å². The lowest BCUT2D eigenvalue weighted by Gasteiger charge is -2.19. The number of aryl methyl sites for hydroxylation is 1. The fourth-order valence-corrected chi connectivity index (χ4v) is 2.09. The summed E-state index contributed by atoms with van der Waals surface area (Å²) in [7, 11) is 1.46. The molecule has 0 saturated heterocycles. The molecular weight excluding hydrogens is 269 g/mol. The minimum atomic E-state index is -0.388. The van der Waals surface area contributed by atoms with E-state index in [0.717, 1.165) is 18.5 Å². The quantitative estimate of drug-likeness (QED) is 0.888. The van der Waals surface area contributed by atoms with Crippen LogP contribution in [0.15, 0.2) is 30.6 Å². The second-order valence-corrected chi connectivity index (χ2v) is 4.87. The Bertz CT molecular complexity index is 587. The Morgan fingerprint density at radius 2 is 2.00 bits per heavy atom. The van der Waals surface area contributed by atoms with Gasteiger partial charge in [0.2, 0.25) is 0 Å². The number of rotatable bonds is 6. The van der Waals surface area contributed by atoms with Gasteiger partial charge in [0, 0.05) is 18.0 Å². The fourth-order valence-electron chi connectivity index (χ4n) is 2.09. The van der Waals surface area contributed by atoms with Gasteiger partial charge in [-0.2, -0.15) is 0 Å². The highest BCUT2D eigenvalue weighted by Crippen LogP contribution is 2.27. The molecule has 0 aliphatic heterocycles. The number of hydrogen-bond donors (Lipinski definition) is 1. The van der Waals surface area contributed by atoms with Crippen molar-refractivity contribution in [1.29, 1.82) is 0 Å². The Hall–Kier alpha value is -2.01. The normalized spacial score (nSPS) is 12.2. The van der Waals surface area contributed by atoms with Crippen LogP contribution in [0.3, 0.4) is 0 Å². The van der Waals surface area contributed by atoms with Crippen LogP contribution in [0.1, 0.15) is 36.3 Å². The maximum absolute atomic E-state index is 14.5. The molecule has 1 aromatic carbocycles. The summed E-state index contributed by atoms with van der Waals surface area (Å²) in [6.45, 7) is 4.73. The second kappa shape index (κ2) is 7.13. The third-order valence-corrected chi connectivity index (χ3v) is 3.18. The lowest BCUT2D eigenvalue weighted by atomic mass is 10.0. The molecule has 112 valence electrons. The first kappa shape index (κ1) is 15.4. The number of nitrogens with zero attached hydrogens (tertiary/aromatic N) is 2. The predicted molar refractivity (Wildman–Crippen MR) is 79.9 cm³/mol. The van der Waals surface area contributed by atoms with E-state index in [4.69, 9.17) is 4.74 Å². The molecule has 0 radical (unpaired) electrons. The molecule has 0 spiro atoms. The lowest BCUT2D eigenvalue weighted by Crippen LogP contribution is -2.26. The van der Waals surface area contributed by atoms with Gasteiger partial charge in [-0.15, -0.1) is 0 Å². The van der Waals surface area contributed by atoms with Gasteiger partial charge >= 0.3 is 0 Å². The van der Waals surface area contributed by atoms with Crippen LogP contribution in [0.5, 0.6) is 5.75 Å². The summed E-state index contributed by atoms with van der Waals surface area (Å²) < 4.78 is 19.5. The van der Waals surface area contributed by atoms with Crippen molar-refractivity contribution in [3.05, 3.63) is 53.4 Å². The number of halogens is 1. The Kier molecular flexibility index (Phi) is 5.22. The van der Waals surface area contributed by atoms with Gasteiger partial charge in [0.15, 0.2) is 11.6 Å². The minimum absolute atomic E-state index is 0.225. The van der Waals surface area contributed by atoms with Gasteiger partial charge in [0.1, 0.15) is 5.82 Å². The molecule has 2 rings (SSSR count). The molecule has 1 unspecified atom stereocenters. The monoisotopic (exact) mass is 289 g/mol. The Morgan fingerprint density at radius 3 is 2.62 bits per heavy atom. The molecule has 0 saturated carbocycles. The highest BCUT2D eigenvalue weighted by molar-refractivity contribution is 5.35. The van der Waals surface area contributed by atoms with Crippen molar-refractivity contribution < 1.29 is 9.13 Å². The smallest absolute Gasteiger partial charge is 0.170 e. The number of ether oxygens (including phenoxy) is 1. The molecule has 0 bridgehead atoms. The topological polar surface area (TPSA) is 47.0 Å². The van der Waals surface area contributed by atoms with Gasteiger partial charge in [-0.1, -0.05) is 19.1 Å². The van der Waals surface area contributed by atoms with E-state index in [-0.39, 0.29) is 17.6 Å². The Morgan fingerprint density at radius 1 is 1.29 bits per heavy atom. The molecule has 1 atom stereocenters. The molecule has 1 aromatic heterocycles. The van der Waals surface area contributed by atoms with Crippen LogP contribution in [0, 0.1) is 12.7 Å². The van der Waals surface area contributed by atoms with Gasteiger partial charge in [-0.3, -0.25) is 0 Å². The molecule has 0 amide bonds. The molecular formula is C16H20FN3O. The Labute approximate surface area is 124 Å². The predicted octanol–water partition coefficient (Wildman–Crippen LogP) is 3.02. The SMILES string of the molecule is CCCNC(c1ncc(C)cn1)c1cccc(OC)c1F. The average Bonchev–Trinajstić information content (AvgIpc) is 2.50. The first-order valence-electron chi connectivity index (χ1n) is 7.01. The van der Waals surface area contributed by atoms with Crippen molar-refractivity contribution in [3.63, 3.8) is 0 Å². The number of nitrogens with one attached hydrogen (secondary N) is 1.